The quantitative estimate of drug-likeness (QED) is 0.697. The molecule has 0 spiro atoms. The summed E-state index contributed by atoms with van der Waals surface area (Å²) >= 11 is 1.42. The Morgan fingerprint density at radius 2 is 2.05 bits per heavy atom. The highest BCUT2D eigenvalue weighted by Gasteiger charge is 2.14. The predicted octanol–water partition coefficient (Wildman–Crippen LogP) is 2.61. The Kier molecular flexibility index (Phi) is 3.77. The molecule has 1 aromatic carbocycles. The van der Waals surface area contributed by atoms with Gasteiger partial charge in [-0.1, -0.05) is 29.8 Å². The Hall–Kier alpha value is -2.47. The number of benzene rings is 1. The molecule has 0 saturated carbocycles. The zero-order valence-electron chi connectivity index (χ0n) is 12.2. The van der Waals surface area contributed by atoms with Crippen LogP contribution in [0.5, 0.6) is 0 Å². The van der Waals surface area contributed by atoms with Crippen LogP contribution in [0.1, 0.15) is 5.56 Å². The average molecular weight is 314 g/mol. The molecule has 0 aliphatic carbocycles. The highest BCUT2D eigenvalue weighted by atomic mass is 32.1. The number of ether oxygens (including phenoxy) is 1. The predicted molar refractivity (Wildman–Crippen MR) is 86.1 cm³/mol. The summed E-state index contributed by atoms with van der Waals surface area (Å²) < 4.78 is 5.88. The molecule has 6 heteroatoms. The zero-order valence-corrected chi connectivity index (χ0v) is 13.0. The lowest BCUT2D eigenvalue weighted by Gasteiger charge is -2.05. The summed E-state index contributed by atoms with van der Waals surface area (Å²) in [5.41, 5.74) is 2.74. The number of esters is 1. The maximum atomic E-state index is 12.6. The van der Waals surface area contributed by atoms with E-state index in [0.29, 0.717) is 10.2 Å². The fourth-order valence-corrected chi connectivity index (χ4v) is 3.14. The van der Waals surface area contributed by atoms with Gasteiger partial charge in [-0.2, -0.15) is 0 Å². The van der Waals surface area contributed by atoms with E-state index in [1.165, 1.54) is 29.3 Å². The van der Waals surface area contributed by atoms with Gasteiger partial charge in [0.1, 0.15) is 11.4 Å². The fourth-order valence-electron chi connectivity index (χ4n) is 2.23. The average Bonchev–Trinajstić information content (AvgIpc) is 2.95. The van der Waals surface area contributed by atoms with Crippen molar-refractivity contribution < 1.29 is 9.53 Å². The third kappa shape index (κ3) is 2.53. The van der Waals surface area contributed by atoms with E-state index in [9.17, 15) is 9.59 Å². The molecule has 3 aromatic rings. The summed E-state index contributed by atoms with van der Waals surface area (Å²) in [6, 6.07) is 7.96. The minimum Gasteiger partial charge on any atom is -0.468 e. The normalized spacial score (nSPS) is 10.8. The van der Waals surface area contributed by atoms with Crippen LogP contribution in [0, 0.1) is 6.92 Å². The van der Waals surface area contributed by atoms with Gasteiger partial charge < -0.3 is 4.74 Å². The molecule has 0 bridgehead atoms. The first-order chi connectivity index (χ1) is 10.6. The summed E-state index contributed by atoms with van der Waals surface area (Å²) in [5.74, 6) is -0.477. The molecule has 0 fully saturated rings. The second-order valence-electron chi connectivity index (χ2n) is 4.95. The van der Waals surface area contributed by atoms with Crippen molar-refractivity contribution in [2.45, 2.75) is 13.5 Å². The topological polar surface area (TPSA) is 61.2 Å². The van der Waals surface area contributed by atoms with Crippen LogP contribution in [-0.2, 0) is 16.1 Å². The number of aryl methyl sites for hydroxylation is 1. The molecule has 0 radical (unpaired) electrons. The lowest BCUT2D eigenvalue weighted by molar-refractivity contribution is -0.141. The smallest absolute Gasteiger partial charge is 0.325 e. The molecular weight excluding hydrogens is 300 g/mol. The van der Waals surface area contributed by atoms with Crippen molar-refractivity contribution in [1.82, 2.24) is 9.55 Å². The van der Waals surface area contributed by atoms with Crippen LogP contribution >= 0.6 is 11.3 Å². The standard InChI is InChI=1S/C16H14N2O3S/c1-10-3-5-11(6-4-10)12-8-22-15-14(12)16(20)18(9-17-15)7-13(19)21-2/h3-6,8-9H,7H2,1-2H3. The highest BCUT2D eigenvalue weighted by Crippen LogP contribution is 2.30. The van der Waals surface area contributed by atoms with Crippen molar-refractivity contribution >= 4 is 27.5 Å². The van der Waals surface area contributed by atoms with E-state index in [1.807, 2.05) is 36.6 Å². The first-order valence-corrected chi connectivity index (χ1v) is 7.58. The number of carbonyl (C=O) groups is 1. The molecule has 3 rings (SSSR count). The van der Waals surface area contributed by atoms with Crippen molar-refractivity contribution in [3.63, 3.8) is 0 Å². The molecule has 2 heterocycles. The summed E-state index contributed by atoms with van der Waals surface area (Å²) in [6.45, 7) is 1.88. The van der Waals surface area contributed by atoms with E-state index >= 15 is 0 Å². The maximum Gasteiger partial charge on any atom is 0.325 e. The number of fused-ring (bicyclic) bond motifs is 1. The summed E-state index contributed by atoms with van der Waals surface area (Å²) in [7, 11) is 1.29. The number of hydrogen-bond donors (Lipinski definition) is 0. The van der Waals surface area contributed by atoms with E-state index in [4.69, 9.17) is 0 Å². The summed E-state index contributed by atoms with van der Waals surface area (Å²) in [4.78, 5) is 29.0. The number of thiophene rings is 1. The molecule has 0 N–H and O–H groups in total. The van der Waals surface area contributed by atoms with Crippen LogP contribution in [0.4, 0.5) is 0 Å². The van der Waals surface area contributed by atoms with Gasteiger partial charge in [-0.05, 0) is 12.5 Å². The second-order valence-corrected chi connectivity index (χ2v) is 5.81. The van der Waals surface area contributed by atoms with E-state index in [1.54, 1.807) is 0 Å². The van der Waals surface area contributed by atoms with Gasteiger partial charge in [0.2, 0.25) is 0 Å². The summed E-state index contributed by atoms with van der Waals surface area (Å²) in [6.07, 6.45) is 1.39. The molecule has 0 amide bonds. The van der Waals surface area contributed by atoms with Crippen LogP contribution in [0.2, 0.25) is 0 Å². The van der Waals surface area contributed by atoms with Crippen molar-refractivity contribution in [3.05, 3.63) is 51.9 Å². The highest BCUT2D eigenvalue weighted by molar-refractivity contribution is 7.17. The van der Waals surface area contributed by atoms with Crippen LogP contribution in [0.3, 0.4) is 0 Å². The van der Waals surface area contributed by atoms with Crippen LogP contribution in [-0.4, -0.2) is 22.6 Å². The van der Waals surface area contributed by atoms with Crippen molar-refractivity contribution in [1.29, 1.82) is 0 Å². The molecule has 0 aliphatic rings. The minimum absolute atomic E-state index is 0.137. The largest absolute Gasteiger partial charge is 0.468 e. The monoisotopic (exact) mass is 314 g/mol. The van der Waals surface area contributed by atoms with Crippen LogP contribution in [0.25, 0.3) is 21.3 Å². The second kappa shape index (κ2) is 5.73. The number of carbonyl (C=O) groups excluding carboxylic acids is 1. The SMILES string of the molecule is COC(=O)Cn1cnc2scc(-c3ccc(C)cc3)c2c1=O. The number of methoxy groups -OCH3 is 1. The Bertz CT molecular complexity index is 894. The minimum atomic E-state index is -0.477. The zero-order chi connectivity index (χ0) is 15.7. The third-order valence-electron chi connectivity index (χ3n) is 3.45. The van der Waals surface area contributed by atoms with Gasteiger partial charge in [-0.25, -0.2) is 4.98 Å². The molecule has 2 aromatic heterocycles. The van der Waals surface area contributed by atoms with E-state index in [2.05, 4.69) is 9.72 Å². The molecule has 0 aliphatic heterocycles. The molecule has 22 heavy (non-hydrogen) atoms. The molecule has 0 unspecified atom stereocenters. The van der Waals surface area contributed by atoms with E-state index < -0.39 is 5.97 Å². The van der Waals surface area contributed by atoms with Gasteiger partial charge >= 0.3 is 5.97 Å². The van der Waals surface area contributed by atoms with E-state index in [-0.39, 0.29) is 12.1 Å². The Morgan fingerprint density at radius 1 is 1.32 bits per heavy atom. The van der Waals surface area contributed by atoms with Gasteiger partial charge in [-0.15, -0.1) is 11.3 Å². The summed E-state index contributed by atoms with van der Waals surface area (Å²) in [5, 5.41) is 2.46. The van der Waals surface area contributed by atoms with Gasteiger partial charge in [-0.3, -0.25) is 14.2 Å². The lowest BCUT2D eigenvalue weighted by atomic mass is 10.1. The Labute approximate surface area is 130 Å². The first-order valence-electron chi connectivity index (χ1n) is 6.70. The molecule has 5 nitrogen and oxygen atoms in total. The third-order valence-corrected chi connectivity index (χ3v) is 4.34. The number of rotatable bonds is 3. The van der Waals surface area contributed by atoms with E-state index in [0.717, 1.165) is 16.7 Å². The van der Waals surface area contributed by atoms with Crippen LogP contribution in [0.15, 0.2) is 40.8 Å². The van der Waals surface area contributed by atoms with Crippen molar-refractivity contribution in [2.75, 3.05) is 7.11 Å². The number of nitrogens with zero attached hydrogens (tertiary/aromatic N) is 2. The maximum absolute atomic E-state index is 12.6. The lowest BCUT2D eigenvalue weighted by Crippen LogP contribution is -2.25. The Balaban J connectivity index is 2.16. The number of aromatic nitrogens is 2. The number of hydrogen-bond acceptors (Lipinski definition) is 5. The fraction of sp³-hybridized carbons (Fsp3) is 0.188. The molecule has 0 atom stereocenters. The van der Waals surface area contributed by atoms with Crippen molar-refractivity contribution in [3.8, 4) is 11.1 Å². The molecular formula is C16H14N2O3S. The van der Waals surface area contributed by atoms with Crippen molar-refractivity contribution in [2.24, 2.45) is 0 Å². The Morgan fingerprint density at radius 3 is 2.73 bits per heavy atom. The first kappa shape index (κ1) is 14.5. The molecule has 112 valence electrons. The van der Waals surface area contributed by atoms with Crippen LogP contribution < -0.4 is 5.56 Å². The van der Waals surface area contributed by atoms with Gasteiger partial charge in [0, 0.05) is 10.9 Å². The van der Waals surface area contributed by atoms with Gasteiger partial charge in [0.25, 0.3) is 5.56 Å². The molecule has 0 saturated heterocycles. The van der Waals surface area contributed by atoms with Gasteiger partial charge in [0.15, 0.2) is 0 Å². The van der Waals surface area contributed by atoms with Gasteiger partial charge in [0.05, 0.1) is 18.8 Å².